The number of nitrogens with one attached hydrogen (secondary N) is 2. The van der Waals surface area contributed by atoms with Crippen LogP contribution in [0.15, 0.2) is 48.7 Å². The molecule has 188 valence electrons. The smallest absolute Gasteiger partial charge is 0.388 e. The molecule has 0 spiro atoms. The van der Waals surface area contributed by atoms with Crippen LogP contribution in [0, 0.1) is 5.41 Å². The molecule has 0 aliphatic rings. The number of rotatable bonds is 7. The number of aryl methyl sites for hydroxylation is 1. The molecule has 2 aromatic rings. The van der Waals surface area contributed by atoms with Gasteiger partial charge in [0, 0.05) is 23.8 Å². The minimum Gasteiger partial charge on any atom is -0.388 e. The fourth-order valence-corrected chi connectivity index (χ4v) is 3.15. The summed E-state index contributed by atoms with van der Waals surface area (Å²) in [5.41, 5.74) is -4.90. The molecule has 0 heterocycles. The Labute approximate surface area is 190 Å². The van der Waals surface area contributed by atoms with Crippen LogP contribution in [-0.2, 0) is 24.9 Å². The summed E-state index contributed by atoms with van der Waals surface area (Å²) in [6, 6.07) is 4.85. The summed E-state index contributed by atoms with van der Waals surface area (Å²) in [7, 11) is 1.46. The minimum absolute atomic E-state index is 0.0212. The van der Waals surface area contributed by atoms with E-state index in [9.17, 15) is 39.5 Å². The molecule has 0 aliphatic heterocycles. The minimum atomic E-state index is -4.97. The maximum Gasteiger partial charge on any atom is 0.418 e. The molecule has 0 aromatic heterocycles. The van der Waals surface area contributed by atoms with E-state index in [2.05, 4.69) is 17.2 Å². The molecule has 0 unspecified atom stereocenters. The van der Waals surface area contributed by atoms with Crippen molar-refractivity contribution in [1.82, 2.24) is 0 Å². The van der Waals surface area contributed by atoms with E-state index in [1.54, 1.807) is 13.8 Å². The van der Waals surface area contributed by atoms with E-state index in [4.69, 9.17) is 0 Å². The van der Waals surface area contributed by atoms with Gasteiger partial charge in [0.15, 0.2) is 0 Å². The fraction of sp³-hybridized carbons (Fsp3) is 0.391. The highest BCUT2D eigenvalue weighted by Gasteiger charge is 2.37. The standard InChI is InChI=1S/C23H23F9N2/c1-13(34-19-6-5-17(33-4)12-18(19)23(30,31)32)20(2,3)8-7-14-9-15(21(24,25)26)11-16(10-14)22(27,28)29/h5-6,9-12,33-34H,1,7-8H2,2-4H3. The zero-order valence-corrected chi connectivity index (χ0v) is 18.5. The van der Waals surface area contributed by atoms with Crippen LogP contribution in [0.4, 0.5) is 50.9 Å². The highest BCUT2D eigenvalue weighted by atomic mass is 19.4. The molecule has 11 heteroatoms. The molecule has 0 bridgehead atoms. The Morgan fingerprint density at radius 2 is 1.32 bits per heavy atom. The maximum absolute atomic E-state index is 13.5. The number of benzene rings is 2. The first-order valence-electron chi connectivity index (χ1n) is 9.98. The molecule has 2 rings (SSSR count). The third kappa shape index (κ3) is 6.83. The summed E-state index contributed by atoms with van der Waals surface area (Å²) in [5.74, 6) is 0. The predicted molar refractivity (Wildman–Crippen MR) is 112 cm³/mol. The number of anilines is 2. The number of alkyl halides is 9. The second-order valence-corrected chi connectivity index (χ2v) is 8.41. The van der Waals surface area contributed by atoms with Gasteiger partial charge >= 0.3 is 18.5 Å². The summed E-state index contributed by atoms with van der Waals surface area (Å²) >= 11 is 0. The van der Waals surface area contributed by atoms with Crippen LogP contribution in [0.3, 0.4) is 0 Å². The van der Waals surface area contributed by atoms with E-state index in [0.29, 0.717) is 12.1 Å². The summed E-state index contributed by atoms with van der Waals surface area (Å²) in [4.78, 5) is 0. The SMILES string of the molecule is C=C(Nc1ccc(NC)cc1C(F)(F)F)C(C)(C)CCc1cc(C(F)(F)F)cc(C(F)(F)F)c1. The van der Waals surface area contributed by atoms with Gasteiger partial charge in [-0.1, -0.05) is 20.4 Å². The first-order valence-corrected chi connectivity index (χ1v) is 9.98. The van der Waals surface area contributed by atoms with E-state index in [1.807, 2.05) is 0 Å². The van der Waals surface area contributed by atoms with Crippen LogP contribution in [0.2, 0.25) is 0 Å². The molecule has 0 saturated carbocycles. The van der Waals surface area contributed by atoms with Crippen molar-refractivity contribution in [2.45, 2.75) is 45.2 Å². The topological polar surface area (TPSA) is 24.1 Å². The molecule has 2 N–H and O–H groups in total. The molecule has 0 radical (unpaired) electrons. The molecule has 34 heavy (non-hydrogen) atoms. The van der Waals surface area contributed by atoms with Crippen LogP contribution in [0.25, 0.3) is 0 Å². The van der Waals surface area contributed by atoms with Crippen LogP contribution in [-0.4, -0.2) is 7.05 Å². The molecule has 0 fully saturated rings. The zero-order chi connectivity index (χ0) is 26.1. The Bertz CT molecular complexity index is 1000. The van der Waals surface area contributed by atoms with Crippen molar-refractivity contribution in [3.05, 3.63) is 70.9 Å². The number of hydrogen-bond acceptors (Lipinski definition) is 2. The lowest BCUT2D eigenvalue weighted by Gasteiger charge is -2.29. The molecule has 0 amide bonds. The normalized spacial score (nSPS) is 13.1. The lowest BCUT2D eigenvalue weighted by atomic mass is 9.83. The number of hydrogen-bond donors (Lipinski definition) is 2. The Kier molecular flexibility index (Phi) is 7.59. The largest absolute Gasteiger partial charge is 0.418 e. The van der Waals surface area contributed by atoms with Gasteiger partial charge in [0.2, 0.25) is 0 Å². The lowest BCUT2D eigenvalue weighted by molar-refractivity contribution is -0.143. The van der Waals surface area contributed by atoms with Crippen LogP contribution < -0.4 is 10.6 Å². The van der Waals surface area contributed by atoms with Crippen molar-refractivity contribution in [3.63, 3.8) is 0 Å². The summed E-state index contributed by atoms with van der Waals surface area (Å²) in [6.45, 7) is 6.92. The number of halogens is 9. The summed E-state index contributed by atoms with van der Waals surface area (Å²) in [6.07, 6.45) is -14.8. The monoisotopic (exact) mass is 498 g/mol. The van der Waals surface area contributed by atoms with E-state index in [0.717, 1.165) is 6.07 Å². The van der Waals surface area contributed by atoms with Crippen molar-refractivity contribution in [1.29, 1.82) is 0 Å². The zero-order valence-electron chi connectivity index (χ0n) is 18.5. The van der Waals surface area contributed by atoms with Gasteiger partial charge in [0.1, 0.15) is 0 Å². The maximum atomic E-state index is 13.5. The molecule has 2 aromatic carbocycles. The van der Waals surface area contributed by atoms with Crippen molar-refractivity contribution < 1.29 is 39.5 Å². The first kappa shape index (κ1) is 27.4. The van der Waals surface area contributed by atoms with Gasteiger partial charge in [-0.05, 0) is 54.8 Å². The predicted octanol–water partition coefficient (Wildman–Crippen LogP) is 8.37. The van der Waals surface area contributed by atoms with Crippen molar-refractivity contribution in [2.75, 3.05) is 17.7 Å². The average Bonchev–Trinajstić information content (AvgIpc) is 2.70. The van der Waals surface area contributed by atoms with E-state index in [1.165, 1.54) is 19.2 Å². The van der Waals surface area contributed by atoms with E-state index in [-0.39, 0.29) is 41.5 Å². The Morgan fingerprint density at radius 1 is 0.794 bits per heavy atom. The van der Waals surface area contributed by atoms with Gasteiger partial charge in [-0.2, -0.15) is 39.5 Å². The highest BCUT2D eigenvalue weighted by Crippen LogP contribution is 2.40. The van der Waals surface area contributed by atoms with Crippen molar-refractivity contribution >= 4 is 11.4 Å². The van der Waals surface area contributed by atoms with E-state index >= 15 is 0 Å². The van der Waals surface area contributed by atoms with E-state index < -0.39 is 40.6 Å². The van der Waals surface area contributed by atoms with Crippen molar-refractivity contribution in [2.24, 2.45) is 5.41 Å². The van der Waals surface area contributed by atoms with Crippen LogP contribution >= 0.6 is 0 Å². The second-order valence-electron chi connectivity index (χ2n) is 8.41. The number of allylic oxidation sites excluding steroid dienone is 1. The Balaban J connectivity index is 2.27. The Morgan fingerprint density at radius 3 is 1.76 bits per heavy atom. The third-order valence-corrected chi connectivity index (χ3v) is 5.40. The summed E-state index contributed by atoms with van der Waals surface area (Å²) in [5, 5.41) is 5.22. The average molecular weight is 498 g/mol. The van der Waals surface area contributed by atoms with Gasteiger partial charge in [0.25, 0.3) is 0 Å². The molecular formula is C23H23F9N2. The quantitative estimate of drug-likeness (QED) is 0.375. The van der Waals surface area contributed by atoms with Gasteiger partial charge in [-0.3, -0.25) is 0 Å². The lowest BCUT2D eigenvalue weighted by Crippen LogP contribution is -2.22. The summed E-state index contributed by atoms with van der Waals surface area (Å²) < 4.78 is 119. The van der Waals surface area contributed by atoms with Gasteiger partial charge < -0.3 is 10.6 Å². The Hall–Kier alpha value is -2.85. The molecule has 2 nitrogen and oxygen atoms in total. The highest BCUT2D eigenvalue weighted by molar-refractivity contribution is 5.63. The van der Waals surface area contributed by atoms with Gasteiger partial charge in [0.05, 0.1) is 22.4 Å². The first-order chi connectivity index (χ1) is 15.3. The fourth-order valence-electron chi connectivity index (χ4n) is 3.15. The molecule has 0 atom stereocenters. The van der Waals surface area contributed by atoms with Crippen LogP contribution in [0.5, 0.6) is 0 Å². The van der Waals surface area contributed by atoms with Crippen molar-refractivity contribution in [3.8, 4) is 0 Å². The third-order valence-electron chi connectivity index (χ3n) is 5.40. The van der Waals surface area contributed by atoms with Gasteiger partial charge in [-0.15, -0.1) is 0 Å². The molecular weight excluding hydrogens is 475 g/mol. The van der Waals surface area contributed by atoms with Gasteiger partial charge in [-0.25, -0.2) is 0 Å². The second kappa shape index (κ2) is 9.42. The van der Waals surface area contributed by atoms with Crippen LogP contribution in [0.1, 0.15) is 42.5 Å². The molecule has 0 aliphatic carbocycles. The molecule has 0 saturated heterocycles.